The quantitative estimate of drug-likeness (QED) is 0.803. The number of nitrogens with zero attached hydrogens (tertiary/aromatic N) is 2. The van der Waals surface area contributed by atoms with Crippen molar-refractivity contribution in [3.63, 3.8) is 0 Å². The molecular weight excluding hydrogens is 210 g/mol. The number of pyridine rings is 2. The van der Waals surface area contributed by atoms with E-state index in [1.165, 1.54) is 16.8 Å². The van der Waals surface area contributed by atoms with Crippen LogP contribution in [-0.4, -0.2) is 23.1 Å². The van der Waals surface area contributed by atoms with Crippen molar-refractivity contribution in [2.24, 2.45) is 0 Å². The predicted octanol–water partition coefficient (Wildman–Crippen LogP) is 1.75. The van der Waals surface area contributed by atoms with Crippen LogP contribution in [0.4, 0.5) is 0 Å². The van der Waals surface area contributed by atoms with E-state index < -0.39 is 0 Å². The average molecular weight is 225 g/mol. The van der Waals surface area contributed by atoms with Crippen LogP contribution in [-0.2, 0) is 6.42 Å². The summed E-state index contributed by atoms with van der Waals surface area (Å²) in [7, 11) is 0. The first-order valence-electron chi connectivity index (χ1n) is 5.99. The predicted molar refractivity (Wildman–Crippen MR) is 66.9 cm³/mol. The van der Waals surface area contributed by atoms with E-state index in [2.05, 4.69) is 33.5 Å². The van der Waals surface area contributed by atoms with Gasteiger partial charge in [-0.3, -0.25) is 9.97 Å². The van der Waals surface area contributed by atoms with Crippen molar-refractivity contribution in [2.45, 2.75) is 12.3 Å². The van der Waals surface area contributed by atoms with Gasteiger partial charge in [-0.05, 0) is 42.3 Å². The summed E-state index contributed by atoms with van der Waals surface area (Å²) in [6.45, 7) is 1.98. The fourth-order valence-corrected chi connectivity index (χ4v) is 2.41. The Kier molecular flexibility index (Phi) is 2.84. The fraction of sp³-hybridized carbons (Fsp3) is 0.286. The molecule has 0 aliphatic carbocycles. The average Bonchev–Trinajstić information content (AvgIpc) is 2.62. The van der Waals surface area contributed by atoms with E-state index in [1.807, 2.05) is 24.7 Å². The van der Waals surface area contributed by atoms with E-state index in [9.17, 15) is 0 Å². The maximum Gasteiger partial charge on any atom is 0.0523 e. The van der Waals surface area contributed by atoms with E-state index in [4.69, 9.17) is 0 Å². The highest BCUT2D eigenvalue weighted by Gasteiger charge is 2.20. The van der Waals surface area contributed by atoms with Crippen molar-refractivity contribution in [3.8, 4) is 0 Å². The Morgan fingerprint density at radius 1 is 1.12 bits per heavy atom. The normalized spacial score (nSPS) is 19.4. The summed E-state index contributed by atoms with van der Waals surface area (Å²) in [4.78, 5) is 8.66. The molecule has 1 aliphatic rings. The number of aromatic nitrogens is 2. The van der Waals surface area contributed by atoms with E-state index >= 15 is 0 Å². The minimum Gasteiger partial charge on any atom is -0.315 e. The first-order chi connectivity index (χ1) is 8.45. The summed E-state index contributed by atoms with van der Waals surface area (Å²) >= 11 is 0. The minimum absolute atomic E-state index is 0.344. The number of nitrogens with one attached hydrogen (secondary N) is 1. The van der Waals surface area contributed by atoms with Gasteiger partial charge >= 0.3 is 0 Å². The van der Waals surface area contributed by atoms with Gasteiger partial charge in [0.05, 0.1) is 5.69 Å². The number of hydrogen-bond donors (Lipinski definition) is 1. The van der Waals surface area contributed by atoms with Crippen molar-refractivity contribution >= 4 is 0 Å². The molecule has 1 aliphatic heterocycles. The molecule has 0 spiro atoms. The second-order valence-electron chi connectivity index (χ2n) is 4.34. The van der Waals surface area contributed by atoms with Crippen molar-refractivity contribution < 1.29 is 0 Å². The molecule has 3 nitrogen and oxygen atoms in total. The Morgan fingerprint density at radius 2 is 2.00 bits per heavy atom. The third-order valence-electron chi connectivity index (χ3n) is 3.28. The Bertz CT molecular complexity index is 496. The van der Waals surface area contributed by atoms with Crippen molar-refractivity contribution in [1.29, 1.82) is 0 Å². The van der Waals surface area contributed by atoms with Crippen LogP contribution >= 0.6 is 0 Å². The summed E-state index contributed by atoms with van der Waals surface area (Å²) in [5, 5.41) is 3.48. The molecule has 0 saturated carbocycles. The van der Waals surface area contributed by atoms with Gasteiger partial charge in [-0.1, -0.05) is 6.07 Å². The van der Waals surface area contributed by atoms with Gasteiger partial charge in [0, 0.05) is 31.1 Å². The van der Waals surface area contributed by atoms with E-state index in [-0.39, 0.29) is 0 Å². The molecule has 1 atom stereocenters. The van der Waals surface area contributed by atoms with Crippen LogP contribution in [0.15, 0.2) is 42.9 Å². The second-order valence-corrected chi connectivity index (χ2v) is 4.34. The van der Waals surface area contributed by atoms with Crippen LogP contribution in [0, 0.1) is 0 Å². The smallest absolute Gasteiger partial charge is 0.0523 e. The molecule has 17 heavy (non-hydrogen) atoms. The van der Waals surface area contributed by atoms with Crippen LogP contribution in [0.25, 0.3) is 0 Å². The van der Waals surface area contributed by atoms with Crippen LogP contribution in [0.2, 0.25) is 0 Å². The van der Waals surface area contributed by atoms with Crippen LogP contribution in [0.1, 0.15) is 22.7 Å². The molecular formula is C14H15N3. The lowest BCUT2D eigenvalue weighted by Gasteiger charge is -2.16. The Morgan fingerprint density at radius 3 is 2.88 bits per heavy atom. The van der Waals surface area contributed by atoms with Gasteiger partial charge in [0.15, 0.2) is 0 Å². The Balaban J connectivity index is 2.06. The standard InChI is InChI=1S/C14H15N3/c1-2-12-5-9-16-10-13(14(12)17-6-1)11-3-7-15-8-4-11/h1-4,6-8,13,16H,5,9-10H2. The minimum atomic E-state index is 0.344. The molecule has 0 bridgehead atoms. The second kappa shape index (κ2) is 4.63. The molecule has 0 aromatic carbocycles. The molecule has 86 valence electrons. The third-order valence-corrected chi connectivity index (χ3v) is 3.28. The summed E-state index contributed by atoms with van der Waals surface area (Å²) < 4.78 is 0. The number of hydrogen-bond acceptors (Lipinski definition) is 3. The zero-order valence-electron chi connectivity index (χ0n) is 9.63. The zero-order valence-corrected chi connectivity index (χ0v) is 9.63. The van der Waals surface area contributed by atoms with Crippen LogP contribution in [0.3, 0.4) is 0 Å². The summed E-state index contributed by atoms with van der Waals surface area (Å²) in [6, 6.07) is 8.36. The molecule has 3 heterocycles. The van der Waals surface area contributed by atoms with Gasteiger partial charge in [0.2, 0.25) is 0 Å². The maximum absolute atomic E-state index is 4.58. The molecule has 0 radical (unpaired) electrons. The molecule has 0 saturated heterocycles. The van der Waals surface area contributed by atoms with Gasteiger partial charge in [-0.25, -0.2) is 0 Å². The molecule has 1 N–H and O–H groups in total. The SMILES string of the molecule is c1cnc2c(c1)CCNCC2c1ccncc1. The van der Waals surface area contributed by atoms with Crippen molar-refractivity contribution in [3.05, 3.63) is 59.7 Å². The lowest BCUT2D eigenvalue weighted by molar-refractivity contribution is 0.657. The molecule has 3 rings (SSSR count). The maximum atomic E-state index is 4.58. The van der Waals surface area contributed by atoms with E-state index in [0.29, 0.717) is 5.92 Å². The topological polar surface area (TPSA) is 37.8 Å². The molecule has 3 heteroatoms. The summed E-state index contributed by atoms with van der Waals surface area (Å²) in [6.07, 6.45) is 6.65. The first kappa shape index (κ1) is 10.4. The monoisotopic (exact) mass is 225 g/mol. The molecule has 2 aromatic rings. The summed E-state index contributed by atoms with van der Waals surface area (Å²) in [5.74, 6) is 0.344. The van der Waals surface area contributed by atoms with E-state index in [0.717, 1.165) is 19.5 Å². The van der Waals surface area contributed by atoms with Crippen molar-refractivity contribution in [2.75, 3.05) is 13.1 Å². The third kappa shape index (κ3) is 2.06. The lowest BCUT2D eigenvalue weighted by atomic mass is 9.93. The highest BCUT2D eigenvalue weighted by Crippen LogP contribution is 2.26. The van der Waals surface area contributed by atoms with Gasteiger partial charge in [0.1, 0.15) is 0 Å². The lowest BCUT2D eigenvalue weighted by Crippen LogP contribution is -2.21. The number of fused-ring (bicyclic) bond motifs is 1. The Labute approximate surface area is 101 Å². The highest BCUT2D eigenvalue weighted by molar-refractivity contribution is 5.34. The molecule has 0 amide bonds. The summed E-state index contributed by atoms with van der Waals surface area (Å²) in [5.41, 5.74) is 3.86. The Hall–Kier alpha value is -1.74. The van der Waals surface area contributed by atoms with E-state index in [1.54, 1.807) is 0 Å². The van der Waals surface area contributed by atoms with Crippen molar-refractivity contribution in [1.82, 2.24) is 15.3 Å². The van der Waals surface area contributed by atoms with Gasteiger partial charge < -0.3 is 5.32 Å². The largest absolute Gasteiger partial charge is 0.315 e. The first-order valence-corrected chi connectivity index (χ1v) is 5.99. The highest BCUT2D eigenvalue weighted by atomic mass is 14.9. The molecule has 1 unspecified atom stereocenters. The van der Waals surface area contributed by atoms with Gasteiger partial charge in [0.25, 0.3) is 0 Å². The van der Waals surface area contributed by atoms with Crippen LogP contribution in [0.5, 0.6) is 0 Å². The van der Waals surface area contributed by atoms with Gasteiger partial charge in [-0.2, -0.15) is 0 Å². The zero-order chi connectivity index (χ0) is 11.5. The van der Waals surface area contributed by atoms with Gasteiger partial charge in [-0.15, -0.1) is 0 Å². The van der Waals surface area contributed by atoms with Crippen LogP contribution < -0.4 is 5.32 Å². The molecule has 2 aromatic heterocycles. The molecule has 0 fully saturated rings. The number of rotatable bonds is 1. The fourth-order valence-electron chi connectivity index (χ4n) is 2.41.